The maximum Gasteiger partial charge on any atom is 0.0109 e. The molecule has 18 heavy (non-hydrogen) atoms. The van der Waals surface area contributed by atoms with E-state index in [1.54, 1.807) is 0 Å². The van der Waals surface area contributed by atoms with Crippen LogP contribution in [0.3, 0.4) is 0 Å². The molecule has 0 spiro atoms. The van der Waals surface area contributed by atoms with Gasteiger partial charge in [0, 0.05) is 19.6 Å². The van der Waals surface area contributed by atoms with E-state index in [0.717, 1.165) is 18.4 Å². The molecule has 1 saturated carbocycles. The van der Waals surface area contributed by atoms with Crippen LogP contribution < -0.4 is 5.73 Å². The number of likely N-dealkylation sites (N-methyl/N-ethyl adjacent to an activating group) is 1. The van der Waals surface area contributed by atoms with E-state index in [0.29, 0.717) is 0 Å². The van der Waals surface area contributed by atoms with Gasteiger partial charge in [-0.2, -0.15) is 0 Å². The summed E-state index contributed by atoms with van der Waals surface area (Å²) in [6, 6.07) is 0. The fourth-order valence-corrected chi connectivity index (χ4v) is 2.97. The van der Waals surface area contributed by atoms with Crippen molar-refractivity contribution in [3.8, 4) is 0 Å². The van der Waals surface area contributed by atoms with E-state index in [1.807, 2.05) is 0 Å². The third kappa shape index (κ3) is 6.17. The third-order valence-corrected chi connectivity index (χ3v) is 4.22. The highest BCUT2D eigenvalue weighted by Gasteiger charge is 2.21. The maximum absolute atomic E-state index is 5.76. The maximum atomic E-state index is 5.76. The van der Waals surface area contributed by atoms with Crippen molar-refractivity contribution in [2.24, 2.45) is 17.6 Å². The molecule has 0 amide bonds. The van der Waals surface area contributed by atoms with Crippen LogP contribution in [-0.4, -0.2) is 56.6 Å². The van der Waals surface area contributed by atoms with Gasteiger partial charge in [-0.05, 0) is 71.1 Å². The minimum atomic E-state index is 0.808. The van der Waals surface area contributed by atoms with Crippen LogP contribution in [0.2, 0.25) is 0 Å². The van der Waals surface area contributed by atoms with Gasteiger partial charge in [-0.1, -0.05) is 6.92 Å². The van der Waals surface area contributed by atoms with Gasteiger partial charge in [0.25, 0.3) is 0 Å². The van der Waals surface area contributed by atoms with E-state index in [2.05, 4.69) is 30.8 Å². The molecule has 1 fully saturated rings. The van der Waals surface area contributed by atoms with Crippen LogP contribution in [-0.2, 0) is 0 Å². The van der Waals surface area contributed by atoms with Crippen LogP contribution in [0.5, 0.6) is 0 Å². The minimum absolute atomic E-state index is 0.808. The largest absolute Gasteiger partial charge is 0.330 e. The summed E-state index contributed by atoms with van der Waals surface area (Å²) < 4.78 is 0. The molecule has 0 atom stereocenters. The zero-order valence-electron chi connectivity index (χ0n) is 12.7. The Balaban J connectivity index is 2.27. The molecular formula is C15H33N3. The van der Waals surface area contributed by atoms with Crippen LogP contribution in [0.4, 0.5) is 0 Å². The van der Waals surface area contributed by atoms with Crippen molar-refractivity contribution < 1.29 is 0 Å². The summed E-state index contributed by atoms with van der Waals surface area (Å²) in [5.74, 6) is 1.73. The minimum Gasteiger partial charge on any atom is -0.330 e. The highest BCUT2D eigenvalue weighted by atomic mass is 15.2. The van der Waals surface area contributed by atoms with Crippen molar-refractivity contribution in [2.45, 2.75) is 39.0 Å². The second-order valence-corrected chi connectivity index (χ2v) is 6.23. The first kappa shape index (κ1) is 15.9. The summed E-state index contributed by atoms with van der Waals surface area (Å²) in [5, 5.41) is 0. The van der Waals surface area contributed by atoms with Crippen molar-refractivity contribution in [1.29, 1.82) is 0 Å². The molecule has 0 aromatic carbocycles. The molecule has 1 aliphatic rings. The summed E-state index contributed by atoms with van der Waals surface area (Å²) in [5.41, 5.74) is 5.76. The first-order chi connectivity index (χ1) is 8.65. The quantitative estimate of drug-likeness (QED) is 0.720. The number of hydrogen-bond donors (Lipinski definition) is 1. The molecule has 1 rings (SSSR count). The Bertz CT molecular complexity index is 198. The molecule has 0 radical (unpaired) electrons. The lowest BCUT2D eigenvalue weighted by atomic mass is 9.82. The predicted octanol–water partition coefficient (Wildman–Crippen LogP) is 2.03. The molecule has 3 nitrogen and oxygen atoms in total. The Morgan fingerprint density at radius 3 is 2.06 bits per heavy atom. The molecule has 0 saturated heterocycles. The van der Waals surface area contributed by atoms with Gasteiger partial charge in [0.05, 0.1) is 0 Å². The third-order valence-electron chi connectivity index (χ3n) is 4.22. The van der Waals surface area contributed by atoms with Gasteiger partial charge in [0.15, 0.2) is 0 Å². The van der Waals surface area contributed by atoms with Crippen molar-refractivity contribution >= 4 is 0 Å². The summed E-state index contributed by atoms with van der Waals surface area (Å²) in [6.45, 7) is 8.14. The molecule has 108 valence electrons. The van der Waals surface area contributed by atoms with Gasteiger partial charge < -0.3 is 15.5 Å². The fraction of sp³-hybridized carbons (Fsp3) is 1.00. The zero-order valence-corrected chi connectivity index (χ0v) is 12.7. The van der Waals surface area contributed by atoms with Crippen molar-refractivity contribution in [3.05, 3.63) is 0 Å². The Morgan fingerprint density at radius 2 is 1.56 bits per heavy atom. The zero-order chi connectivity index (χ0) is 13.4. The molecule has 0 heterocycles. The number of nitrogens with zero attached hydrogens (tertiary/aromatic N) is 2. The molecular weight excluding hydrogens is 222 g/mol. The van der Waals surface area contributed by atoms with E-state index in [-0.39, 0.29) is 0 Å². The lowest BCUT2D eigenvalue weighted by Crippen LogP contribution is -2.37. The highest BCUT2D eigenvalue weighted by molar-refractivity contribution is 4.76. The SMILES string of the molecule is CCCN(CCN(C)C)CC1CCC(CN)CC1. The predicted molar refractivity (Wildman–Crippen MR) is 79.8 cm³/mol. The lowest BCUT2D eigenvalue weighted by molar-refractivity contribution is 0.171. The molecule has 0 unspecified atom stereocenters. The highest BCUT2D eigenvalue weighted by Crippen LogP contribution is 2.28. The van der Waals surface area contributed by atoms with Gasteiger partial charge in [-0.3, -0.25) is 0 Å². The van der Waals surface area contributed by atoms with Crippen LogP contribution in [0.1, 0.15) is 39.0 Å². The van der Waals surface area contributed by atoms with Gasteiger partial charge in [-0.15, -0.1) is 0 Å². The second-order valence-electron chi connectivity index (χ2n) is 6.23. The number of hydrogen-bond acceptors (Lipinski definition) is 3. The van der Waals surface area contributed by atoms with Crippen molar-refractivity contribution in [1.82, 2.24) is 9.80 Å². The topological polar surface area (TPSA) is 32.5 Å². The summed E-state index contributed by atoms with van der Waals surface area (Å²) in [6.07, 6.45) is 6.77. The van der Waals surface area contributed by atoms with Crippen LogP contribution in [0.15, 0.2) is 0 Å². The Morgan fingerprint density at radius 1 is 0.944 bits per heavy atom. The average molecular weight is 255 g/mol. The van der Waals surface area contributed by atoms with Crippen molar-refractivity contribution in [2.75, 3.05) is 46.8 Å². The standard InChI is InChI=1S/C15H33N3/c1-4-9-18(11-10-17(2)3)13-15-7-5-14(12-16)6-8-15/h14-15H,4-13,16H2,1-3H3. The molecule has 2 N–H and O–H groups in total. The van der Waals surface area contributed by atoms with Gasteiger partial charge >= 0.3 is 0 Å². The second kappa shape index (κ2) is 8.89. The molecule has 0 aromatic heterocycles. The molecule has 3 heteroatoms. The monoisotopic (exact) mass is 255 g/mol. The molecule has 1 aliphatic carbocycles. The van der Waals surface area contributed by atoms with Crippen molar-refractivity contribution in [3.63, 3.8) is 0 Å². The van der Waals surface area contributed by atoms with Gasteiger partial charge in [-0.25, -0.2) is 0 Å². The number of nitrogens with two attached hydrogens (primary N) is 1. The first-order valence-corrected chi connectivity index (χ1v) is 7.72. The van der Waals surface area contributed by atoms with E-state index < -0.39 is 0 Å². The Kier molecular flexibility index (Phi) is 7.87. The average Bonchev–Trinajstić information content (AvgIpc) is 2.37. The van der Waals surface area contributed by atoms with Crippen LogP contribution >= 0.6 is 0 Å². The molecule has 0 bridgehead atoms. The van der Waals surface area contributed by atoms with Gasteiger partial charge in [0.2, 0.25) is 0 Å². The van der Waals surface area contributed by atoms with E-state index in [1.165, 1.54) is 58.3 Å². The van der Waals surface area contributed by atoms with E-state index >= 15 is 0 Å². The summed E-state index contributed by atoms with van der Waals surface area (Å²) in [7, 11) is 4.33. The first-order valence-electron chi connectivity index (χ1n) is 7.72. The van der Waals surface area contributed by atoms with E-state index in [4.69, 9.17) is 5.73 Å². The summed E-state index contributed by atoms with van der Waals surface area (Å²) >= 11 is 0. The smallest absolute Gasteiger partial charge is 0.0109 e. The Hall–Kier alpha value is -0.120. The van der Waals surface area contributed by atoms with Crippen LogP contribution in [0, 0.1) is 11.8 Å². The number of rotatable bonds is 8. The molecule has 0 aromatic rings. The normalized spacial score (nSPS) is 25.0. The Labute approximate surface area is 114 Å². The lowest BCUT2D eigenvalue weighted by Gasteiger charge is -2.32. The molecule has 0 aliphatic heterocycles. The summed E-state index contributed by atoms with van der Waals surface area (Å²) in [4.78, 5) is 4.95. The van der Waals surface area contributed by atoms with Crippen LogP contribution in [0.25, 0.3) is 0 Å². The fourth-order valence-electron chi connectivity index (χ4n) is 2.97. The van der Waals surface area contributed by atoms with E-state index in [9.17, 15) is 0 Å². The van der Waals surface area contributed by atoms with Gasteiger partial charge in [0.1, 0.15) is 0 Å².